The number of piperidine rings is 2. The van der Waals surface area contributed by atoms with Gasteiger partial charge in [0.15, 0.2) is 17.2 Å². The predicted octanol–water partition coefficient (Wildman–Crippen LogP) is 5.93. The molecule has 16 nitrogen and oxygen atoms in total. The molecule has 3 saturated heterocycles. The number of imidazole rings is 1. The summed E-state index contributed by atoms with van der Waals surface area (Å²) in [5.41, 5.74) is 5.36. The number of halogens is 4. The highest BCUT2D eigenvalue weighted by Crippen LogP contribution is 2.51. The van der Waals surface area contributed by atoms with E-state index in [0.717, 1.165) is 16.8 Å². The van der Waals surface area contributed by atoms with E-state index >= 15 is 8.78 Å². The van der Waals surface area contributed by atoms with Gasteiger partial charge in [-0.15, -0.1) is 5.10 Å². The summed E-state index contributed by atoms with van der Waals surface area (Å²) in [6.45, 7) is 2.98. The summed E-state index contributed by atoms with van der Waals surface area (Å²) < 4.78 is 47.5. The van der Waals surface area contributed by atoms with Crippen LogP contribution in [0.2, 0.25) is 5.02 Å². The molecule has 4 fully saturated rings. The molecular weight excluding hydrogens is 865 g/mol. The Bertz CT molecular complexity index is 2760. The van der Waals surface area contributed by atoms with Crippen LogP contribution in [-0.4, -0.2) is 123 Å². The molecule has 5 aliphatic rings. The Balaban J connectivity index is 0.786. The summed E-state index contributed by atoms with van der Waals surface area (Å²) >= 11 is 6.55. The van der Waals surface area contributed by atoms with Crippen molar-refractivity contribution in [2.45, 2.75) is 70.1 Å². The first-order valence-electron chi connectivity index (χ1n) is 21.8. The molecule has 1 aliphatic carbocycles. The summed E-state index contributed by atoms with van der Waals surface area (Å²) in [6, 6.07) is 9.83. The van der Waals surface area contributed by atoms with Crippen molar-refractivity contribution in [1.82, 2.24) is 45.0 Å². The lowest BCUT2D eigenvalue weighted by Crippen LogP contribution is -2.59. The first-order chi connectivity index (χ1) is 31.2. The minimum absolute atomic E-state index is 0.0952. The zero-order chi connectivity index (χ0) is 45.4. The Morgan fingerprint density at radius 2 is 1.71 bits per heavy atom. The topological polar surface area (TPSA) is 173 Å². The van der Waals surface area contributed by atoms with Gasteiger partial charge in [0.2, 0.25) is 5.91 Å². The second-order valence-corrected chi connectivity index (χ2v) is 18.0. The van der Waals surface area contributed by atoms with Gasteiger partial charge in [-0.1, -0.05) is 23.7 Å². The lowest BCUT2D eigenvalue weighted by atomic mass is 9.68. The minimum atomic E-state index is -3.01. The van der Waals surface area contributed by atoms with Gasteiger partial charge in [0.05, 0.1) is 59.0 Å². The number of aryl methyl sites for hydroxylation is 1. The monoisotopic (exact) mass is 910 g/mol. The number of carbonyl (C=O) groups excluding carboxylic acids is 4. The number of amides is 5. The van der Waals surface area contributed by atoms with Crippen LogP contribution in [0.5, 0.6) is 0 Å². The summed E-state index contributed by atoms with van der Waals surface area (Å²) in [7, 11) is 1.76. The van der Waals surface area contributed by atoms with Crippen LogP contribution >= 0.6 is 11.6 Å². The average Bonchev–Trinajstić information content (AvgIpc) is 3.60. The van der Waals surface area contributed by atoms with Gasteiger partial charge in [0.1, 0.15) is 6.17 Å². The van der Waals surface area contributed by atoms with Crippen molar-refractivity contribution in [1.29, 1.82) is 0 Å². The van der Waals surface area contributed by atoms with Crippen molar-refractivity contribution < 1.29 is 32.3 Å². The number of hydrogen-bond donors (Lipinski definition) is 3. The molecule has 2 atom stereocenters. The molecule has 20 heteroatoms. The van der Waals surface area contributed by atoms with Crippen molar-refractivity contribution >= 4 is 63.9 Å². The Morgan fingerprint density at radius 3 is 2.42 bits per heavy atom. The van der Waals surface area contributed by atoms with E-state index in [0.29, 0.717) is 76.3 Å². The Labute approximate surface area is 376 Å². The number of fused-ring (bicyclic) bond motifs is 2. The Hall–Kier alpha value is -6.34. The number of carbonyl (C=O) groups is 4. The van der Waals surface area contributed by atoms with Crippen molar-refractivity contribution in [2.75, 3.05) is 61.4 Å². The molecule has 10 rings (SSSR count). The van der Waals surface area contributed by atoms with Gasteiger partial charge < -0.3 is 20.4 Å². The van der Waals surface area contributed by atoms with Gasteiger partial charge in [-0.25, -0.2) is 27.5 Å². The normalized spacial score (nSPS) is 21.4. The highest BCUT2D eigenvalue weighted by molar-refractivity contribution is 6.35. The van der Waals surface area contributed by atoms with E-state index in [1.807, 2.05) is 24.3 Å². The molecule has 0 bridgehead atoms. The number of nitrogens with one attached hydrogen (secondary N) is 3. The molecule has 7 heterocycles. The molecule has 65 heavy (non-hydrogen) atoms. The third-order valence-corrected chi connectivity index (χ3v) is 14.1. The van der Waals surface area contributed by atoms with Crippen molar-refractivity contribution in [2.24, 2.45) is 5.41 Å². The largest absolute Gasteiger partial charge is 0.385 e. The average molecular weight is 911 g/mol. The molecule has 4 aliphatic heterocycles. The van der Waals surface area contributed by atoms with Gasteiger partial charge in [-0.2, -0.15) is 0 Å². The maximum atomic E-state index is 16.2. The van der Waals surface area contributed by atoms with Crippen molar-refractivity contribution in [3.63, 3.8) is 0 Å². The van der Waals surface area contributed by atoms with Crippen molar-refractivity contribution in [3.05, 3.63) is 88.1 Å². The number of hydrogen-bond acceptors (Lipinski definition) is 11. The third kappa shape index (κ3) is 7.66. The van der Waals surface area contributed by atoms with Crippen LogP contribution in [0.4, 0.5) is 40.8 Å². The van der Waals surface area contributed by atoms with Crippen LogP contribution in [0.25, 0.3) is 16.9 Å². The van der Waals surface area contributed by atoms with Gasteiger partial charge in [0, 0.05) is 80.9 Å². The number of alkyl halides is 3. The van der Waals surface area contributed by atoms with Crippen LogP contribution in [0.1, 0.15) is 69.8 Å². The maximum Gasteiger partial charge on any atom is 0.328 e. The van der Waals surface area contributed by atoms with Crippen LogP contribution in [0.3, 0.4) is 0 Å². The van der Waals surface area contributed by atoms with E-state index in [2.05, 4.69) is 30.8 Å². The SMILES string of the molecule is CNc1cc(N2CCc3c(-c4cnc(CN5CCC6(CCN(C(=O)c7cc(C)c(Cl)c(N8CCC(=O)NC8=O)c7)CC6)C(F)(F)C5)cn4)cccc32)nn2c(C(=O)N[C@@H]3C[C@@H]3F)cnc12. The van der Waals surface area contributed by atoms with Gasteiger partial charge in [0.25, 0.3) is 17.7 Å². The molecule has 1 saturated carbocycles. The number of aromatic nitrogens is 5. The number of likely N-dealkylation sites (tertiary alicyclic amines) is 2. The first-order valence-corrected chi connectivity index (χ1v) is 22.1. The van der Waals surface area contributed by atoms with Crippen LogP contribution in [0, 0.1) is 12.3 Å². The van der Waals surface area contributed by atoms with Crippen LogP contribution in [-0.2, 0) is 17.8 Å². The molecule has 1 spiro atoms. The number of urea groups is 1. The fourth-order valence-corrected chi connectivity index (χ4v) is 9.93. The number of anilines is 4. The van der Waals surface area contributed by atoms with E-state index in [9.17, 15) is 23.6 Å². The number of benzene rings is 2. The third-order valence-electron chi connectivity index (χ3n) is 13.6. The summed E-state index contributed by atoms with van der Waals surface area (Å²) in [6.07, 6.45) is 5.34. The molecule has 338 valence electrons. The quantitative estimate of drug-likeness (QED) is 0.160. The standard InChI is InChI=1S/C45H46ClF3N12O4/c1-25-16-26(17-35(39(25)46)60-12-7-38(62)55-43(60)65)42(64)58-14-9-44(10-15-58)8-13-57(24-45(44,48)49)23-27-20-52-33(21-51-27)28-4-3-5-34-29(28)6-11-59(34)37-19-32(50-2)40-53-22-36(61(40)56-37)41(63)54-31-18-30(31)47/h3-5,16-17,19-22,30-31,50H,6-15,18,23-24H2,1-2H3,(H,54,63)(H,55,62,65)/t30-,31+/m0/s1. The smallest absolute Gasteiger partial charge is 0.328 e. The highest BCUT2D eigenvalue weighted by Gasteiger charge is 2.57. The van der Waals surface area contributed by atoms with Gasteiger partial charge in [-0.05, 0) is 68.5 Å². The molecule has 0 unspecified atom stereocenters. The zero-order valence-electron chi connectivity index (χ0n) is 35.7. The second-order valence-electron chi connectivity index (χ2n) is 17.6. The summed E-state index contributed by atoms with van der Waals surface area (Å²) in [5.74, 6) is -3.58. The fourth-order valence-electron chi connectivity index (χ4n) is 9.72. The Morgan fingerprint density at radius 1 is 0.938 bits per heavy atom. The van der Waals surface area contributed by atoms with E-state index in [1.165, 1.54) is 21.7 Å². The molecule has 3 N–H and O–H groups in total. The van der Waals surface area contributed by atoms with Gasteiger partial charge >= 0.3 is 6.03 Å². The van der Waals surface area contributed by atoms with E-state index in [1.54, 1.807) is 42.2 Å². The van der Waals surface area contributed by atoms with E-state index in [-0.39, 0.29) is 69.4 Å². The maximum absolute atomic E-state index is 16.2. The van der Waals surface area contributed by atoms with Crippen LogP contribution < -0.4 is 25.8 Å². The summed E-state index contributed by atoms with van der Waals surface area (Å²) in [4.78, 5) is 71.6. The molecule has 2 aromatic carbocycles. The lowest BCUT2D eigenvalue weighted by Gasteiger charge is -2.51. The number of nitrogens with zero attached hydrogens (tertiary/aromatic N) is 9. The lowest BCUT2D eigenvalue weighted by molar-refractivity contribution is -0.186. The summed E-state index contributed by atoms with van der Waals surface area (Å²) in [5, 5.41) is 13.2. The molecular formula is C45H46ClF3N12O4. The van der Waals surface area contributed by atoms with Crippen LogP contribution in [0.15, 0.2) is 55.0 Å². The molecule has 5 aromatic rings. The second kappa shape index (κ2) is 16.3. The van der Waals surface area contributed by atoms with E-state index in [4.69, 9.17) is 21.7 Å². The number of imide groups is 1. The van der Waals surface area contributed by atoms with E-state index < -0.39 is 42.0 Å². The van der Waals surface area contributed by atoms with Crippen molar-refractivity contribution in [3.8, 4) is 11.3 Å². The number of rotatable bonds is 9. The minimum Gasteiger partial charge on any atom is -0.385 e. The Kier molecular flexibility index (Phi) is 10.7. The fraction of sp³-hybridized carbons (Fsp3) is 0.422. The molecule has 5 amide bonds. The molecule has 0 radical (unpaired) electrons. The molecule has 3 aromatic heterocycles. The zero-order valence-corrected chi connectivity index (χ0v) is 36.5. The highest BCUT2D eigenvalue weighted by atomic mass is 35.5. The van der Waals surface area contributed by atoms with Gasteiger partial charge in [-0.3, -0.25) is 39.5 Å². The predicted molar refractivity (Wildman–Crippen MR) is 236 cm³/mol. The first kappa shape index (κ1) is 42.6.